The molecule has 2 aromatic rings. The van der Waals surface area contributed by atoms with Gasteiger partial charge in [0, 0.05) is 30.1 Å². The van der Waals surface area contributed by atoms with Crippen molar-refractivity contribution in [1.29, 1.82) is 0 Å². The van der Waals surface area contributed by atoms with Gasteiger partial charge in [0.2, 0.25) is 0 Å². The summed E-state index contributed by atoms with van der Waals surface area (Å²) < 4.78 is 5.63. The summed E-state index contributed by atoms with van der Waals surface area (Å²) in [6, 6.07) is 5.84. The fourth-order valence-electron chi connectivity index (χ4n) is 2.66. The third-order valence-corrected chi connectivity index (χ3v) is 4.26. The number of fused-ring (bicyclic) bond motifs is 1. The molecule has 0 saturated heterocycles. The molecular formula is C19H28N2O2. The van der Waals surface area contributed by atoms with Crippen molar-refractivity contribution in [2.24, 2.45) is 0 Å². The number of aromatic amines is 1. The van der Waals surface area contributed by atoms with Crippen molar-refractivity contribution in [3.8, 4) is 5.75 Å². The van der Waals surface area contributed by atoms with E-state index in [4.69, 9.17) is 4.74 Å². The first-order valence-corrected chi connectivity index (χ1v) is 8.63. The number of likely N-dealkylation sites (N-methyl/N-ethyl adjacent to an activating group) is 1. The Hall–Kier alpha value is -1.81. The highest BCUT2D eigenvalue weighted by Gasteiger charge is 2.13. The number of benzene rings is 1. The standard InChI is InChI=1S/C19H28N2O2/c1-4-6-7-11-18(22)23-17-10-8-9-16-19(17)15(14-20-16)12-13-21(3)5-2/h8-10,14,20H,4-7,11-13H2,1-3H3. The molecule has 1 aromatic heterocycles. The third kappa shape index (κ3) is 4.83. The van der Waals surface area contributed by atoms with Gasteiger partial charge in [-0.2, -0.15) is 0 Å². The minimum absolute atomic E-state index is 0.135. The lowest BCUT2D eigenvalue weighted by atomic mass is 10.1. The van der Waals surface area contributed by atoms with Crippen LogP contribution >= 0.6 is 0 Å². The molecule has 0 fully saturated rings. The van der Waals surface area contributed by atoms with E-state index in [2.05, 4.69) is 30.8 Å². The number of nitrogens with zero attached hydrogens (tertiary/aromatic N) is 1. The van der Waals surface area contributed by atoms with Crippen LogP contribution in [0.5, 0.6) is 5.75 Å². The Kier molecular flexibility index (Phi) is 6.66. The second-order valence-corrected chi connectivity index (χ2v) is 6.07. The summed E-state index contributed by atoms with van der Waals surface area (Å²) in [4.78, 5) is 17.6. The van der Waals surface area contributed by atoms with Gasteiger partial charge in [0.1, 0.15) is 5.75 Å². The van der Waals surface area contributed by atoms with E-state index in [0.717, 1.165) is 49.7 Å². The number of unbranched alkanes of at least 4 members (excludes halogenated alkanes) is 2. The van der Waals surface area contributed by atoms with Gasteiger partial charge in [0.25, 0.3) is 0 Å². The Balaban J connectivity index is 2.12. The van der Waals surface area contributed by atoms with Crippen LogP contribution in [0.15, 0.2) is 24.4 Å². The molecule has 23 heavy (non-hydrogen) atoms. The van der Waals surface area contributed by atoms with Crippen LogP contribution in [0.1, 0.15) is 45.1 Å². The van der Waals surface area contributed by atoms with Crippen LogP contribution in [0.3, 0.4) is 0 Å². The smallest absolute Gasteiger partial charge is 0.311 e. The van der Waals surface area contributed by atoms with Crippen LogP contribution < -0.4 is 4.74 Å². The summed E-state index contributed by atoms with van der Waals surface area (Å²) in [5.74, 6) is 0.545. The molecule has 4 nitrogen and oxygen atoms in total. The molecule has 1 N–H and O–H groups in total. The molecule has 1 aromatic carbocycles. The number of carbonyl (C=O) groups excluding carboxylic acids is 1. The van der Waals surface area contributed by atoms with Crippen LogP contribution in [0.4, 0.5) is 0 Å². The summed E-state index contributed by atoms with van der Waals surface area (Å²) in [6.07, 6.45) is 6.53. The summed E-state index contributed by atoms with van der Waals surface area (Å²) in [6.45, 7) is 6.30. The van der Waals surface area contributed by atoms with Crippen molar-refractivity contribution in [1.82, 2.24) is 9.88 Å². The molecule has 0 aliphatic heterocycles. The second kappa shape index (κ2) is 8.73. The summed E-state index contributed by atoms with van der Waals surface area (Å²) in [5, 5.41) is 1.04. The van der Waals surface area contributed by atoms with Crippen LogP contribution in [-0.4, -0.2) is 36.0 Å². The molecule has 2 rings (SSSR count). The largest absolute Gasteiger partial charge is 0.426 e. The highest BCUT2D eigenvalue weighted by atomic mass is 16.5. The molecule has 126 valence electrons. The highest BCUT2D eigenvalue weighted by Crippen LogP contribution is 2.29. The van der Waals surface area contributed by atoms with Crippen molar-refractivity contribution in [2.75, 3.05) is 20.1 Å². The molecule has 0 unspecified atom stereocenters. The number of hydrogen-bond acceptors (Lipinski definition) is 3. The number of H-pyrrole nitrogens is 1. The van der Waals surface area contributed by atoms with E-state index in [-0.39, 0.29) is 5.97 Å². The Morgan fingerprint density at radius 1 is 1.26 bits per heavy atom. The van der Waals surface area contributed by atoms with Crippen LogP contribution in [0, 0.1) is 0 Å². The lowest BCUT2D eigenvalue weighted by Crippen LogP contribution is -2.20. The number of aromatic nitrogens is 1. The van der Waals surface area contributed by atoms with Crippen molar-refractivity contribution < 1.29 is 9.53 Å². The number of esters is 1. The number of nitrogens with one attached hydrogen (secondary N) is 1. The average Bonchev–Trinajstić information content (AvgIpc) is 2.97. The number of ether oxygens (including phenoxy) is 1. The van der Waals surface area contributed by atoms with Gasteiger partial charge in [-0.1, -0.05) is 32.8 Å². The van der Waals surface area contributed by atoms with Gasteiger partial charge in [-0.15, -0.1) is 0 Å². The fraction of sp³-hybridized carbons (Fsp3) is 0.526. The minimum atomic E-state index is -0.135. The third-order valence-electron chi connectivity index (χ3n) is 4.26. The van der Waals surface area contributed by atoms with Crippen molar-refractivity contribution in [2.45, 2.75) is 46.0 Å². The maximum atomic E-state index is 12.0. The maximum Gasteiger partial charge on any atom is 0.311 e. The Labute approximate surface area is 138 Å². The van der Waals surface area contributed by atoms with Crippen LogP contribution in [0.25, 0.3) is 10.9 Å². The van der Waals surface area contributed by atoms with E-state index in [0.29, 0.717) is 12.2 Å². The van der Waals surface area contributed by atoms with Gasteiger partial charge in [-0.3, -0.25) is 4.79 Å². The minimum Gasteiger partial charge on any atom is -0.426 e. The number of rotatable bonds is 9. The lowest BCUT2D eigenvalue weighted by Gasteiger charge is -2.13. The Morgan fingerprint density at radius 3 is 2.83 bits per heavy atom. The lowest BCUT2D eigenvalue weighted by molar-refractivity contribution is -0.134. The average molecular weight is 316 g/mol. The van der Waals surface area contributed by atoms with Crippen molar-refractivity contribution >= 4 is 16.9 Å². The van der Waals surface area contributed by atoms with E-state index in [1.807, 2.05) is 24.4 Å². The zero-order valence-electron chi connectivity index (χ0n) is 14.5. The molecule has 0 spiro atoms. The zero-order valence-corrected chi connectivity index (χ0v) is 14.5. The molecule has 0 amide bonds. The second-order valence-electron chi connectivity index (χ2n) is 6.07. The van der Waals surface area contributed by atoms with Gasteiger partial charge < -0.3 is 14.6 Å². The summed E-state index contributed by atoms with van der Waals surface area (Å²) in [7, 11) is 2.11. The SMILES string of the molecule is CCCCCC(=O)Oc1cccc2[nH]cc(CCN(C)CC)c12. The number of hydrogen-bond donors (Lipinski definition) is 1. The molecule has 1 heterocycles. The van der Waals surface area contributed by atoms with E-state index < -0.39 is 0 Å². The highest BCUT2D eigenvalue weighted by molar-refractivity contribution is 5.91. The summed E-state index contributed by atoms with van der Waals surface area (Å²) in [5.41, 5.74) is 2.23. The first-order chi connectivity index (χ1) is 11.2. The monoisotopic (exact) mass is 316 g/mol. The van der Waals surface area contributed by atoms with Gasteiger partial charge in [0.15, 0.2) is 0 Å². The van der Waals surface area contributed by atoms with Crippen molar-refractivity contribution in [3.05, 3.63) is 30.0 Å². The van der Waals surface area contributed by atoms with Crippen LogP contribution in [-0.2, 0) is 11.2 Å². The molecule has 4 heteroatoms. The molecule has 0 bridgehead atoms. The van der Waals surface area contributed by atoms with Crippen molar-refractivity contribution in [3.63, 3.8) is 0 Å². The van der Waals surface area contributed by atoms with E-state index in [1.165, 1.54) is 5.56 Å². The van der Waals surface area contributed by atoms with E-state index in [1.54, 1.807) is 0 Å². The first kappa shape index (κ1) is 17.5. The topological polar surface area (TPSA) is 45.3 Å². The Morgan fingerprint density at radius 2 is 2.09 bits per heavy atom. The number of carbonyl (C=O) groups is 1. The molecule has 0 aliphatic rings. The maximum absolute atomic E-state index is 12.0. The van der Waals surface area contributed by atoms with Gasteiger partial charge in [-0.05, 0) is 44.1 Å². The predicted molar refractivity (Wildman–Crippen MR) is 95.0 cm³/mol. The van der Waals surface area contributed by atoms with Crippen LogP contribution in [0.2, 0.25) is 0 Å². The normalized spacial score (nSPS) is 11.3. The van der Waals surface area contributed by atoms with E-state index >= 15 is 0 Å². The molecule has 0 atom stereocenters. The summed E-state index contributed by atoms with van der Waals surface area (Å²) >= 11 is 0. The molecular weight excluding hydrogens is 288 g/mol. The van der Waals surface area contributed by atoms with Gasteiger partial charge in [0.05, 0.1) is 0 Å². The van der Waals surface area contributed by atoms with Gasteiger partial charge >= 0.3 is 5.97 Å². The molecule has 0 saturated carbocycles. The molecule has 0 radical (unpaired) electrons. The Bertz CT molecular complexity index is 633. The fourth-order valence-corrected chi connectivity index (χ4v) is 2.66. The quantitative estimate of drug-likeness (QED) is 0.429. The van der Waals surface area contributed by atoms with Gasteiger partial charge in [-0.25, -0.2) is 0 Å². The van der Waals surface area contributed by atoms with E-state index in [9.17, 15) is 4.79 Å². The predicted octanol–water partition coefficient (Wildman–Crippen LogP) is 4.15. The molecule has 0 aliphatic carbocycles. The zero-order chi connectivity index (χ0) is 16.7. The first-order valence-electron chi connectivity index (χ1n) is 8.63.